The zero-order valence-electron chi connectivity index (χ0n) is 8.47. The minimum atomic E-state index is -0.299. The summed E-state index contributed by atoms with van der Waals surface area (Å²) in [6, 6.07) is 0.534. The van der Waals surface area contributed by atoms with Gasteiger partial charge in [0.15, 0.2) is 5.96 Å². The van der Waals surface area contributed by atoms with Gasteiger partial charge in [-0.15, -0.1) is 0 Å². The third-order valence-electron chi connectivity index (χ3n) is 2.29. The van der Waals surface area contributed by atoms with Gasteiger partial charge in [-0.3, -0.25) is 9.69 Å². The van der Waals surface area contributed by atoms with Gasteiger partial charge in [-0.05, 0) is 13.8 Å². The molecule has 0 spiro atoms. The average Bonchev–Trinajstić information content (AvgIpc) is 2.34. The maximum Gasteiger partial charge on any atom is 0.263 e. The van der Waals surface area contributed by atoms with E-state index >= 15 is 0 Å². The highest BCUT2D eigenvalue weighted by atomic mass is 16.1. The summed E-state index contributed by atoms with van der Waals surface area (Å²) in [7, 11) is 0. The molecule has 1 rings (SSSR count). The summed E-state index contributed by atoms with van der Waals surface area (Å²) in [5, 5.41) is 0. The lowest BCUT2D eigenvalue weighted by Gasteiger charge is -2.24. The van der Waals surface area contributed by atoms with Crippen LogP contribution in [0.1, 0.15) is 13.8 Å². The maximum atomic E-state index is 11.3. The number of carbonyl (C=O) groups is 1. The first-order valence-electron chi connectivity index (χ1n) is 4.57. The number of guanidine groups is 1. The maximum absolute atomic E-state index is 11.3. The highest BCUT2D eigenvalue weighted by Crippen LogP contribution is 2.15. The second-order valence-electron chi connectivity index (χ2n) is 3.47. The van der Waals surface area contributed by atoms with Crippen LogP contribution < -0.4 is 11.5 Å². The van der Waals surface area contributed by atoms with E-state index in [1.165, 1.54) is 0 Å². The van der Waals surface area contributed by atoms with E-state index in [0.717, 1.165) is 0 Å². The quantitative estimate of drug-likeness (QED) is 0.352. The second-order valence-corrected chi connectivity index (χ2v) is 3.47. The predicted octanol–water partition coefficient (Wildman–Crippen LogP) is -0.565. The number of carbonyl (C=O) groups excluding carboxylic acids is 1. The van der Waals surface area contributed by atoms with Gasteiger partial charge in [0, 0.05) is 12.1 Å². The van der Waals surface area contributed by atoms with Crippen molar-refractivity contribution >= 4 is 11.9 Å². The Hall–Kier alpha value is -1.36. The van der Waals surface area contributed by atoms with E-state index in [0.29, 0.717) is 0 Å². The van der Waals surface area contributed by atoms with Gasteiger partial charge in [0.1, 0.15) is 0 Å². The van der Waals surface area contributed by atoms with Crippen LogP contribution in [0.2, 0.25) is 0 Å². The lowest BCUT2D eigenvalue weighted by molar-refractivity contribution is -0.119. The van der Waals surface area contributed by atoms with Gasteiger partial charge < -0.3 is 11.5 Å². The monoisotopic (exact) mass is 196 g/mol. The molecular formula is C9H16N4O. The molecule has 4 N–H and O–H groups in total. The van der Waals surface area contributed by atoms with E-state index in [4.69, 9.17) is 11.5 Å². The van der Waals surface area contributed by atoms with Crippen molar-refractivity contribution in [1.29, 1.82) is 0 Å². The summed E-state index contributed by atoms with van der Waals surface area (Å²) >= 11 is 0. The molecule has 2 atom stereocenters. The lowest BCUT2D eigenvalue weighted by atomic mass is 10.3. The van der Waals surface area contributed by atoms with Crippen LogP contribution in [0.25, 0.3) is 0 Å². The van der Waals surface area contributed by atoms with Crippen LogP contribution in [0.5, 0.6) is 0 Å². The van der Waals surface area contributed by atoms with Crippen molar-refractivity contribution in [2.45, 2.75) is 25.9 Å². The van der Waals surface area contributed by atoms with E-state index in [1.54, 1.807) is 0 Å². The van der Waals surface area contributed by atoms with Gasteiger partial charge >= 0.3 is 0 Å². The van der Waals surface area contributed by atoms with Gasteiger partial charge in [-0.1, -0.05) is 12.2 Å². The first-order valence-corrected chi connectivity index (χ1v) is 4.57. The van der Waals surface area contributed by atoms with Crippen LogP contribution in [0.4, 0.5) is 0 Å². The highest BCUT2D eigenvalue weighted by molar-refractivity contribution is 5.92. The minimum Gasteiger partial charge on any atom is -0.370 e. The Morgan fingerprint density at radius 1 is 1.36 bits per heavy atom. The van der Waals surface area contributed by atoms with Gasteiger partial charge in [0.05, 0.1) is 6.54 Å². The van der Waals surface area contributed by atoms with Gasteiger partial charge in [0.2, 0.25) is 0 Å². The van der Waals surface area contributed by atoms with Gasteiger partial charge in [-0.2, -0.15) is 4.99 Å². The number of hydrogen-bond donors (Lipinski definition) is 2. The Bertz CT molecular complexity index is 269. The van der Waals surface area contributed by atoms with Crippen molar-refractivity contribution < 1.29 is 4.79 Å². The molecular weight excluding hydrogens is 180 g/mol. The Labute approximate surface area is 83.5 Å². The Morgan fingerprint density at radius 3 is 2.29 bits per heavy atom. The number of rotatable bonds is 2. The third-order valence-corrected chi connectivity index (χ3v) is 2.29. The number of nitrogens with zero attached hydrogens (tertiary/aromatic N) is 2. The van der Waals surface area contributed by atoms with Crippen molar-refractivity contribution in [2.75, 3.05) is 6.54 Å². The molecule has 0 saturated heterocycles. The molecule has 5 nitrogen and oxygen atoms in total. The molecule has 78 valence electrons. The Balaban J connectivity index is 2.53. The molecule has 1 aliphatic rings. The van der Waals surface area contributed by atoms with Crippen molar-refractivity contribution in [3.63, 3.8) is 0 Å². The molecule has 1 aliphatic heterocycles. The van der Waals surface area contributed by atoms with Crippen molar-refractivity contribution in [2.24, 2.45) is 16.5 Å². The van der Waals surface area contributed by atoms with E-state index in [2.05, 4.69) is 17.1 Å². The molecule has 0 saturated carbocycles. The van der Waals surface area contributed by atoms with Crippen LogP contribution in [-0.2, 0) is 4.79 Å². The van der Waals surface area contributed by atoms with E-state index in [9.17, 15) is 4.79 Å². The highest BCUT2D eigenvalue weighted by Gasteiger charge is 2.23. The van der Waals surface area contributed by atoms with Crippen LogP contribution in [0.3, 0.4) is 0 Å². The molecule has 0 aromatic rings. The largest absolute Gasteiger partial charge is 0.370 e. The minimum absolute atomic E-state index is 0.178. The molecule has 1 amide bonds. The summed E-state index contributed by atoms with van der Waals surface area (Å²) in [6.07, 6.45) is 4.13. The molecule has 0 aromatic carbocycles. The van der Waals surface area contributed by atoms with Crippen molar-refractivity contribution in [1.82, 2.24) is 4.90 Å². The fraction of sp³-hybridized carbons (Fsp3) is 0.556. The second kappa shape index (κ2) is 4.23. The molecule has 1 unspecified atom stereocenters. The topological polar surface area (TPSA) is 84.7 Å². The average molecular weight is 196 g/mol. The van der Waals surface area contributed by atoms with Gasteiger partial charge in [-0.25, -0.2) is 0 Å². The first kappa shape index (κ1) is 10.7. The smallest absolute Gasteiger partial charge is 0.263 e. The van der Waals surface area contributed by atoms with Crippen LogP contribution in [0, 0.1) is 0 Å². The van der Waals surface area contributed by atoms with E-state index in [1.807, 2.05) is 18.7 Å². The summed E-state index contributed by atoms with van der Waals surface area (Å²) in [5.74, 6) is -0.477. The predicted molar refractivity (Wildman–Crippen MR) is 55.6 cm³/mol. The SMILES string of the molecule is CC1C=C[C@@H](C)N1CC(=O)N=C(N)N. The van der Waals surface area contributed by atoms with Crippen LogP contribution in [-0.4, -0.2) is 35.4 Å². The van der Waals surface area contributed by atoms with Crippen molar-refractivity contribution in [3.8, 4) is 0 Å². The van der Waals surface area contributed by atoms with Gasteiger partial charge in [0.25, 0.3) is 5.91 Å². The molecule has 0 bridgehead atoms. The molecule has 0 aromatic heterocycles. The molecule has 0 fully saturated rings. The molecule has 14 heavy (non-hydrogen) atoms. The third kappa shape index (κ3) is 2.56. The fourth-order valence-corrected chi connectivity index (χ4v) is 1.54. The number of amides is 1. The normalized spacial score (nSPS) is 26.4. The van der Waals surface area contributed by atoms with Crippen molar-refractivity contribution in [3.05, 3.63) is 12.2 Å². The Kier molecular flexibility index (Phi) is 3.24. The summed E-state index contributed by atoms with van der Waals surface area (Å²) in [6.45, 7) is 4.32. The van der Waals surface area contributed by atoms with E-state index < -0.39 is 0 Å². The molecule has 1 heterocycles. The summed E-state index contributed by atoms with van der Waals surface area (Å²) < 4.78 is 0. The number of aliphatic imine (C=N–C) groups is 1. The fourth-order valence-electron chi connectivity index (χ4n) is 1.54. The molecule has 0 aliphatic carbocycles. The molecule has 0 radical (unpaired) electrons. The van der Waals surface area contributed by atoms with Crippen LogP contribution in [0.15, 0.2) is 17.1 Å². The lowest BCUT2D eigenvalue weighted by Crippen LogP contribution is -2.38. The zero-order chi connectivity index (χ0) is 10.7. The summed E-state index contributed by atoms with van der Waals surface area (Å²) in [5.41, 5.74) is 10.2. The number of hydrogen-bond acceptors (Lipinski definition) is 2. The number of nitrogens with two attached hydrogens (primary N) is 2. The first-order chi connectivity index (χ1) is 6.50. The molecule has 5 heteroatoms. The van der Waals surface area contributed by atoms with Crippen LogP contribution >= 0.6 is 0 Å². The standard InChI is InChI=1S/C9H16N4O/c1-6-3-4-7(2)13(6)5-8(14)12-9(10)11/h3-4,6-7H,5H2,1-2H3,(H4,10,11,12,14)/t6-,7?/m1/s1. The zero-order valence-corrected chi connectivity index (χ0v) is 8.47. The Morgan fingerprint density at radius 2 is 1.86 bits per heavy atom. The summed E-state index contributed by atoms with van der Waals surface area (Å²) in [4.78, 5) is 16.8. The van der Waals surface area contributed by atoms with E-state index in [-0.39, 0.29) is 30.5 Å².